The van der Waals surface area contributed by atoms with Crippen LogP contribution in [-0.2, 0) is 38.0 Å². The third-order valence-corrected chi connectivity index (χ3v) is 14.0. The van der Waals surface area contributed by atoms with E-state index in [1.165, 1.54) is 141 Å². The monoisotopic (exact) mass is 1020 g/mol. The van der Waals surface area contributed by atoms with E-state index in [0.29, 0.717) is 12.8 Å². The Morgan fingerprint density at radius 1 is 0.437 bits per heavy atom. The highest BCUT2D eigenvalue weighted by Crippen LogP contribution is 2.27. The Morgan fingerprint density at radius 2 is 0.803 bits per heavy atom. The second-order valence-corrected chi connectivity index (χ2v) is 20.5. The molecule has 0 aromatic heterocycles. The van der Waals surface area contributed by atoms with Gasteiger partial charge in [0.25, 0.3) is 0 Å². The number of aliphatic hydroxyl groups excluding tert-OH is 7. The van der Waals surface area contributed by atoms with Gasteiger partial charge in [-0.3, -0.25) is 9.59 Å². The van der Waals surface area contributed by atoms with Crippen LogP contribution in [0.3, 0.4) is 0 Å². The van der Waals surface area contributed by atoms with Crippen molar-refractivity contribution >= 4 is 11.9 Å². The van der Waals surface area contributed by atoms with Gasteiger partial charge in [-0.05, 0) is 38.5 Å². The minimum atomic E-state index is -1.76. The van der Waals surface area contributed by atoms with Crippen LogP contribution in [0.25, 0.3) is 0 Å². The smallest absolute Gasteiger partial charge is 0.306 e. The van der Waals surface area contributed by atoms with Crippen molar-refractivity contribution in [2.45, 2.75) is 306 Å². The van der Waals surface area contributed by atoms with Crippen LogP contribution in [0.2, 0.25) is 0 Å². The van der Waals surface area contributed by atoms with E-state index in [2.05, 4.69) is 26.0 Å². The lowest BCUT2D eigenvalue weighted by atomic mass is 9.98. The number of unbranched alkanes of at least 4 members (excludes halogenated alkanes) is 30. The highest BCUT2D eigenvalue weighted by Gasteiger charge is 2.47. The lowest BCUT2D eigenvalue weighted by molar-refractivity contribution is -0.332. The molecule has 418 valence electrons. The van der Waals surface area contributed by atoms with Crippen molar-refractivity contribution < 1.29 is 73.8 Å². The van der Waals surface area contributed by atoms with E-state index < -0.39 is 92.7 Å². The summed E-state index contributed by atoms with van der Waals surface area (Å²) >= 11 is 0. The number of esters is 2. The second-order valence-electron chi connectivity index (χ2n) is 20.5. The first-order chi connectivity index (χ1) is 34.5. The van der Waals surface area contributed by atoms with E-state index in [1.807, 2.05) is 0 Å². The van der Waals surface area contributed by atoms with Gasteiger partial charge in [0.1, 0.15) is 55.4 Å². The first kappa shape index (κ1) is 65.4. The average Bonchev–Trinajstić information content (AvgIpc) is 3.36. The number of hydrogen-bond donors (Lipinski definition) is 7. The summed E-state index contributed by atoms with van der Waals surface area (Å²) in [6.45, 7) is 2.61. The Labute approximate surface area is 429 Å². The van der Waals surface area contributed by atoms with Gasteiger partial charge in [-0.2, -0.15) is 0 Å². The van der Waals surface area contributed by atoms with Crippen molar-refractivity contribution in [3.05, 3.63) is 12.2 Å². The second kappa shape index (κ2) is 43.5. The zero-order valence-corrected chi connectivity index (χ0v) is 44.5. The molecular weight excluding hydrogens is 913 g/mol. The molecule has 71 heavy (non-hydrogen) atoms. The van der Waals surface area contributed by atoms with Crippen molar-refractivity contribution in [2.75, 3.05) is 26.4 Å². The molecule has 2 fully saturated rings. The summed E-state index contributed by atoms with van der Waals surface area (Å²) in [4.78, 5) is 25.8. The van der Waals surface area contributed by atoms with Crippen molar-refractivity contribution in [3.63, 3.8) is 0 Å². The number of carbonyl (C=O) groups excluding carboxylic acids is 2. The minimum Gasteiger partial charge on any atom is -0.462 e. The molecule has 0 bridgehead atoms. The van der Waals surface area contributed by atoms with Gasteiger partial charge in [-0.1, -0.05) is 199 Å². The van der Waals surface area contributed by atoms with E-state index in [4.69, 9.17) is 28.4 Å². The number of aliphatic hydroxyl groups is 7. The lowest BCUT2D eigenvalue weighted by Gasteiger charge is -2.42. The van der Waals surface area contributed by atoms with Gasteiger partial charge in [0.15, 0.2) is 18.7 Å². The molecule has 2 aliphatic heterocycles. The van der Waals surface area contributed by atoms with Crippen LogP contribution in [0.5, 0.6) is 0 Å². The molecule has 11 unspecified atom stereocenters. The summed E-state index contributed by atoms with van der Waals surface area (Å²) in [6.07, 6.45) is 28.2. The highest BCUT2D eigenvalue weighted by molar-refractivity contribution is 5.70. The predicted octanol–water partition coefficient (Wildman–Crippen LogP) is 9.33. The summed E-state index contributed by atoms with van der Waals surface area (Å²) in [7, 11) is 0. The molecule has 0 aromatic rings. The van der Waals surface area contributed by atoms with Crippen LogP contribution in [0.4, 0.5) is 0 Å². The van der Waals surface area contributed by atoms with Crippen molar-refractivity contribution in [2.24, 2.45) is 0 Å². The third kappa shape index (κ3) is 31.0. The van der Waals surface area contributed by atoms with Crippen molar-refractivity contribution in [1.82, 2.24) is 0 Å². The molecule has 7 N–H and O–H groups in total. The third-order valence-electron chi connectivity index (χ3n) is 14.0. The van der Waals surface area contributed by atoms with E-state index in [0.717, 1.165) is 57.8 Å². The average molecular weight is 1020 g/mol. The van der Waals surface area contributed by atoms with Gasteiger partial charge in [0, 0.05) is 12.8 Å². The fourth-order valence-corrected chi connectivity index (χ4v) is 9.27. The van der Waals surface area contributed by atoms with Gasteiger partial charge in [0.2, 0.25) is 0 Å². The molecule has 0 amide bonds. The highest BCUT2D eigenvalue weighted by atomic mass is 16.7. The lowest BCUT2D eigenvalue weighted by Crippen LogP contribution is -2.61. The summed E-state index contributed by atoms with van der Waals surface area (Å²) in [5.74, 6) is -0.921. The van der Waals surface area contributed by atoms with E-state index in [1.54, 1.807) is 0 Å². The maximum absolute atomic E-state index is 13.0. The van der Waals surface area contributed by atoms with Crippen LogP contribution < -0.4 is 0 Å². The molecule has 2 saturated heterocycles. The number of ether oxygens (including phenoxy) is 6. The molecule has 0 saturated carbocycles. The molecule has 2 heterocycles. The Morgan fingerprint density at radius 3 is 1.25 bits per heavy atom. The largest absolute Gasteiger partial charge is 0.462 e. The van der Waals surface area contributed by atoms with E-state index in [-0.39, 0.29) is 26.1 Å². The summed E-state index contributed by atoms with van der Waals surface area (Å²) < 4.78 is 33.7. The Hall–Kier alpha value is -1.76. The van der Waals surface area contributed by atoms with Crippen LogP contribution in [0, 0.1) is 0 Å². The Kier molecular flexibility index (Phi) is 40.0. The van der Waals surface area contributed by atoms with E-state index >= 15 is 0 Å². The molecule has 0 spiro atoms. The molecule has 2 aliphatic rings. The fraction of sp³-hybridized carbons (Fsp3) is 0.929. The van der Waals surface area contributed by atoms with Gasteiger partial charge in [-0.25, -0.2) is 0 Å². The predicted molar refractivity (Wildman–Crippen MR) is 275 cm³/mol. The van der Waals surface area contributed by atoms with Gasteiger partial charge >= 0.3 is 11.9 Å². The molecule has 2 rings (SSSR count). The zero-order chi connectivity index (χ0) is 51.7. The number of allylic oxidation sites excluding steroid dienone is 2. The summed E-state index contributed by atoms with van der Waals surface area (Å²) in [5, 5.41) is 72.2. The molecule has 0 radical (unpaired) electrons. The van der Waals surface area contributed by atoms with Crippen molar-refractivity contribution in [1.29, 1.82) is 0 Å². The van der Waals surface area contributed by atoms with Gasteiger partial charge in [-0.15, -0.1) is 0 Å². The van der Waals surface area contributed by atoms with Gasteiger partial charge in [0.05, 0.1) is 19.8 Å². The standard InChI is InChI=1S/C56H104O15/c1-3-5-7-9-11-13-15-17-18-19-20-21-22-23-24-25-27-28-30-32-34-36-38-47(58)66-41-44(69-48(59)39-37-35-33-31-29-26-16-14-12-10-8-6-4-2)42-67-55-54(65)52(63)50(61)46(71-55)43-68-56-53(64)51(62)49(60)45(40-57)70-56/h14,16,44-46,49-57,60-65H,3-13,15,17-43H2,1-2H3/b16-14-. The Balaban J connectivity index is 1.72. The SMILES string of the molecule is CCCCCC/C=C\CCCCCCCC(=O)OC(COC(=O)CCCCCCCCCCCCCCCCCCCCCCCC)COC1OC(COC2OC(CO)C(O)C(O)C2O)C(O)C(O)C1O. The number of rotatable bonds is 46. The van der Waals surface area contributed by atoms with Crippen LogP contribution in [0.15, 0.2) is 12.2 Å². The van der Waals surface area contributed by atoms with Crippen LogP contribution in [-0.4, -0.2) is 142 Å². The topological polar surface area (TPSA) is 231 Å². The van der Waals surface area contributed by atoms with Crippen LogP contribution in [0.1, 0.15) is 239 Å². The number of carbonyl (C=O) groups is 2. The molecule has 15 heteroatoms. The molecule has 15 nitrogen and oxygen atoms in total. The quantitative estimate of drug-likeness (QED) is 0.0171. The van der Waals surface area contributed by atoms with Gasteiger partial charge < -0.3 is 64.2 Å². The van der Waals surface area contributed by atoms with Crippen LogP contribution >= 0.6 is 0 Å². The zero-order valence-electron chi connectivity index (χ0n) is 44.5. The van der Waals surface area contributed by atoms with E-state index in [9.17, 15) is 45.3 Å². The molecule has 0 aliphatic carbocycles. The molecule has 0 aromatic carbocycles. The normalized spacial score (nSPS) is 25.2. The Bertz CT molecular complexity index is 1290. The maximum Gasteiger partial charge on any atom is 0.306 e. The fourth-order valence-electron chi connectivity index (χ4n) is 9.27. The van der Waals surface area contributed by atoms with Crippen molar-refractivity contribution in [3.8, 4) is 0 Å². The summed E-state index contributed by atoms with van der Waals surface area (Å²) in [5.41, 5.74) is 0. The summed E-state index contributed by atoms with van der Waals surface area (Å²) in [6, 6.07) is 0. The molecular formula is C56H104O15. The minimum absolute atomic E-state index is 0.159. The number of hydrogen-bond acceptors (Lipinski definition) is 15. The first-order valence-electron chi connectivity index (χ1n) is 28.8. The first-order valence-corrected chi connectivity index (χ1v) is 28.8. The molecule has 11 atom stereocenters. The maximum atomic E-state index is 13.0.